The van der Waals surface area contributed by atoms with Gasteiger partial charge in [0.05, 0.1) is 50.1 Å². The summed E-state index contributed by atoms with van der Waals surface area (Å²) in [5.41, 5.74) is -1.46. The summed E-state index contributed by atoms with van der Waals surface area (Å²) in [4.78, 5) is 62.5. The third-order valence-corrected chi connectivity index (χ3v) is 16.8. The minimum absolute atomic E-state index is 0.0374. The van der Waals surface area contributed by atoms with Crippen molar-refractivity contribution in [1.82, 2.24) is 20.4 Å². The van der Waals surface area contributed by atoms with Crippen molar-refractivity contribution in [2.75, 3.05) is 40.5 Å². The molecule has 2 N–H and O–H groups in total. The van der Waals surface area contributed by atoms with E-state index in [1.807, 2.05) is 0 Å². The molecule has 1 aliphatic carbocycles. The molecule has 8 atom stereocenters. The van der Waals surface area contributed by atoms with Gasteiger partial charge in [0, 0.05) is 68.0 Å². The summed E-state index contributed by atoms with van der Waals surface area (Å²) in [6, 6.07) is 0. The molecular weight excluding hydrogens is 761 g/mol. The molecule has 0 bridgehead atoms. The van der Waals surface area contributed by atoms with Crippen molar-refractivity contribution in [2.45, 2.75) is 194 Å². The second kappa shape index (κ2) is 16.4. The molecular formula is C48H84N4O8. The van der Waals surface area contributed by atoms with Gasteiger partial charge in [-0.1, -0.05) is 0 Å². The Balaban J connectivity index is 1.43. The van der Waals surface area contributed by atoms with Gasteiger partial charge in [0.15, 0.2) is 0 Å². The van der Waals surface area contributed by atoms with E-state index in [4.69, 9.17) is 18.9 Å². The maximum atomic E-state index is 14.5. The van der Waals surface area contributed by atoms with Gasteiger partial charge >= 0.3 is 23.9 Å². The first-order chi connectivity index (χ1) is 27.1. The lowest BCUT2D eigenvalue weighted by molar-refractivity contribution is -0.177. The summed E-state index contributed by atoms with van der Waals surface area (Å²) in [6.07, 6.45) is 3.12. The Morgan fingerprint density at radius 3 is 0.883 bits per heavy atom. The van der Waals surface area contributed by atoms with Crippen molar-refractivity contribution < 1.29 is 38.1 Å². The molecule has 5 rings (SSSR count). The Kier molecular flexibility index (Phi) is 13.3. The Morgan fingerprint density at radius 2 is 0.683 bits per heavy atom. The first-order valence-corrected chi connectivity index (χ1v) is 22.9. The van der Waals surface area contributed by atoms with Crippen molar-refractivity contribution in [3.8, 4) is 0 Å². The molecule has 5 fully saturated rings. The second-order valence-electron chi connectivity index (χ2n) is 24.5. The van der Waals surface area contributed by atoms with E-state index in [0.29, 0.717) is 0 Å². The molecule has 12 nitrogen and oxygen atoms in total. The van der Waals surface area contributed by atoms with E-state index in [0.717, 1.165) is 25.7 Å². The molecule has 60 heavy (non-hydrogen) atoms. The fourth-order valence-electron chi connectivity index (χ4n) is 12.3. The highest BCUT2D eigenvalue weighted by molar-refractivity contribution is 5.88. The first kappa shape index (κ1) is 48.7. The van der Waals surface area contributed by atoms with Gasteiger partial charge in [0.25, 0.3) is 0 Å². The summed E-state index contributed by atoms with van der Waals surface area (Å²) in [6.45, 7) is 35.1. The van der Waals surface area contributed by atoms with Gasteiger partial charge < -0.3 is 29.6 Å². The van der Waals surface area contributed by atoms with Gasteiger partial charge in [0.1, 0.15) is 0 Å². The van der Waals surface area contributed by atoms with Crippen LogP contribution in [0.2, 0.25) is 0 Å². The van der Waals surface area contributed by atoms with Crippen LogP contribution >= 0.6 is 0 Å². The van der Waals surface area contributed by atoms with Crippen LogP contribution in [0.1, 0.15) is 149 Å². The van der Waals surface area contributed by atoms with E-state index in [1.54, 1.807) is 0 Å². The quantitative estimate of drug-likeness (QED) is 0.159. The van der Waals surface area contributed by atoms with Crippen LogP contribution in [0.5, 0.6) is 0 Å². The third kappa shape index (κ3) is 9.91. The topological polar surface area (TPSA) is 136 Å². The predicted octanol–water partition coefficient (Wildman–Crippen LogP) is 6.77. The number of rotatable bonds is 12. The zero-order chi connectivity index (χ0) is 45.4. The number of nitrogens with zero attached hydrogens (tertiary/aromatic N) is 2. The fourth-order valence-corrected chi connectivity index (χ4v) is 12.3. The minimum atomic E-state index is -1.01. The highest BCUT2D eigenvalue weighted by Crippen LogP contribution is 2.47. The van der Waals surface area contributed by atoms with Gasteiger partial charge in [-0.15, -0.1) is 0 Å². The zero-order valence-corrected chi connectivity index (χ0v) is 40.9. The summed E-state index contributed by atoms with van der Waals surface area (Å²) in [7, 11) is 4.20. The van der Waals surface area contributed by atoms with E-state index >= 15 is 0 Å². The molecule has 0 aromatic heterocycles. The number of hydrogen-bond acceptors (Lipinski definition) is 12. The van der Waals surface area contributed by atoms with Crippen LogP contribution < -0.4 is 10.6 Å². The number of nitrogens with one attached hydrogen (secondary N) is 2. The van der Waals surface area contributed by atoms with Gasteiger partial charge in [-0.25, -0.2) is 0 Å². The van der Waals surface area contributed by atoms with E-state index in [-0.39, 0.29) is 107 Å². The average Bonchev–Trinajstić information content (AvgIpc) is 3.60. The molecule has 344 valence electrons. The fraction of sp³-hybridized carbons (Fsp3) is 0.917. The van der Waals surface area contributed by atoms with Crippen molar-refractivity contribution in [2.24, 2.45) is 47.3 Å². The van der Waals surface area contributed by atoms with Crippen molar-refractivity contribution in [3.05, 3.63) is 0 Å². The van der Waals surface area contributed by atoms with Crippen molar-refractivity contribution >= 4 is 23.9 Å². The molecule has 8 unspecified atom stereocenters. The van der Waals surface area contributed by atoms with Crippen LogP contribution in [0.15, 0.2) is 0 Å². The van der Waals surface area contributed by atoms with Crippen LogP contribution in [0.25, 0.3) is 0 Å². The van der Waals surface area contributed by atoms with E-state index in [2.05, 4.69) is 145 Å². The molecule has 4 saturated heterocycles. The first-order valence-electron chi connectivity index (χ1n) is 22.9. The van der Waals surface area contributed by atoms with Gasteiger partial charge in [-0.05, 0) is 163 Å². The van der Waals surface area contributed by atoms with Gasteiger partial charge in [-0.3, -0.25) is 29.0 Å². The highest BCUT2D eigenvalue weighted by Gasteiger charge is 2.55. The molecule has 0 aromatic carbocycles. The predicted molar refractivity (Wildman–Crippen MR) is 234 cm³/mol. The maximum Gasteiger partial charge on any atom is 0.309 e. The molecule has 4 heterocycles. The monoisotopic (exact) mass is 845 g/mol. The summed E-state index contributed by atoms with van der Waals surface area (Å²) in [5, 5.41) is 7.30. The number of likely N-dealkylation sites (tertiary alicyclic amines) is 2. The Morgan fingerprint density at radius 1 is 0.433 bits per heavy atom. The highest BCUT2D eigenvalue weighted by atomic mass is 16.6. The molecule has 0 amide bonds. The van der Waals surface area contributed by atoms with Crippen LogP contribution in [0.4, 0.5) is 0 Å². The lowest BCUT2D eigenvalue weighted by Crippen LogP contribution is -2.49. The lowest BCUT2D eigenvalue weighted by atomic mass is 9.68. The van der Waals surface area contributed by atoms with Crippen LogP contribution in [0.3, 0.4) is 0 Å². The smallest absolute Gasteiger partial charge is 0.309 e. The van der Waals surface area contributed by atoms with Crippen LogP contribution in [-0.2, 0) is 38.1 Å². The molecule has 5 aliphatic rings. The molecule has 0 radical (unpaired) electrons. The molecule has 4 aliphatic heterocycles. The van der Waals surface area contributed by atoms with Gasteiger partial charge in [-0.2, -0.15) is 0 Å². The lowest BCUT2D eigenvalue weighted by Gasteiger charge is -2.39. The summed E-state index contributed by atoms with van der Waals surface area (Å²) < 4.78 is 24.6. The number of ether oxygens (including phenoxy) is 4. The maximum absolute atomic E-state index is 14.5. The summed E-state index contributed by atoms with van der Waals surface area (Å²) >= 11 is 0. The number of esters is 4. The second-order valence-corrected chi connectivity index (χ2v) is 24.5. The zero-order valence-electron chi connectivity index (χ0n) is 40.9. The third-order valence-electron chi connectivity index (χ3n) is 16.8. The van der Waals surface area contributed by atoms with Crippen LogP contribution in [0, 0.1) is 47.3 Å². The normalized spacial score (nSPS) is 35.8. The van der Waals surface area contributed by atoms with E-state index in [9.17, 15) is 19.2 Å². The Labute approximate surface area is 363 Å². The van der Waals surface area contributed by atoms with E-state index < -0.39 is 47.5 Å². The summed E-state index contributed by atoms with van der Waals surface area (Å²) in [5.74, 6) is -6.05. The number of carbonyl (C=O) groups excluding carboxylic acids is 4. The van der Waals surface area contributed by atoms with Gasteiger partial charge in [0.2, 0.25) is 0 Å². The Bertz CT molecular complexity index is 1510. The average molecular weight is 845 g/mol. The van der Waals surface area contributed by atoms with Crippen molar-refractivity contribution in [1.29, 1.82) is 0 Å². The van der Waals surface area contributed by atoms with E-state index in [1.165, 1.54) is 0 Å². The van der Waals surface area contributed by atoms with Crippen molar-refractivity contribution in [3.63, 3.8) is 0 Å². The SMILES string of the molecule is CN1C(C)(C)CC(COC(=O)C2CC(C(=O)OCC3CC(C)(C)N(C)C3(C)C)C(C(=O)OCC3CC(C)(C)NC3(C)C)CC2C(=O)OCC2CC(C)(C)NC2(C)C)C1(C)C. The Hall–Kier alpha value is -2.28. The standard InChI is InChI=1S/C48H84N4O8/c1-41(2)21-29(45(9,10)49-41)25-57-37(53)33-19-34(38(54)58-26-30-22-42(3,4)50-46(30,11)12)36(40(56)60-28-32-24-44(7,8)52(18)48(32,15)16)20-35(33)39(55)59-27-31-23-43(5,6)51(17)47(31,13)14/h29-36,49-50H,19-28H2,1-18H3. The molecule has 0 aromatic rings. The molecule has 0 spiro atoms. The van der Waals surface area contributed by atoms with Crippen LogP contribution in [-0.4, -0.2) is 119 Å². The molecule has 1 saturated carbocycles. The number of hydrogen-bond donors (Lipinski definition) is 2. The minimum Gasteiger partial charge on any atom is -0.465 e. The largest absolute Gasteiger partial charge is 0.465 e. The number of carbonyl (C=O) groups is 4. The molecule has 12 heteroatoms.